The minimum Gasteiger partial charge on any atom is -0.480 e. The number of amides is 1. The van der Waals surface area contributed by atoms with Crippen LogP contribution in [0.5, 0.6) is 0 Å². The third kappa shape index (κ3) is 7.43. The van der Waals surface area contributed by atoms with Crippen molar-refractivity contribution in [2.24, 2.45) is 11.3 Å². The molecule has 1 amide bonds. The van der Waals surface area contributed by atoms with E-state index in [-0.39, 0.29) is 12.8 Å². The van der Waals surface area contributed by atoms with Crippen LogP contribution >= 0.6 is 11.3 Å². The second kappa shape index (κ2) is 9.59. The van der Waals surface area contributed by atoms with E-state index in [9.17, 15) is 27.9 Å². The number of rotatable bonds is 9. The molecule has 2 N–H and O–H groups in total. The predicted octanol–water partition coefficient (Wildman–Crippen LogP) is 3.50. The number of aryl methyl sites for hydroxylation is 1. The maximum Gasteiger partial charge on any atom is 0.389 e. The molecule has 30 heavy (non-hydrogen) atoms. The lowest BCUT2D eigenvalue weighted by Gasteiger charge is -2.31. The third-order valence-electron chi connectivity index (χ3n) is 4.59. The van der Waals surface area contributed by atoms with Crippen molar-refractivity contribution >= 4 is 23.2 Å². The average molecular weight is 446 g/mol. The Morgan fingerprint density at radius 2 is 2.00 bits per heavy atom. The quantitative estimate of drug-likeness (QED) is 0.615. The molecule has 0 fully saturated rings. The lowest BCUT2D eigenvalue weighted by molar-refractivity contribution is -0.163. The van der Waals surface area contributed by atoms with Crippen LogP contribution in [0.3, 0.4) is 0 Å². The highest BCUT2D eigenvalue weighted by Gasteiger charge is 2.42. The molecule has 0 aliphatic carbocycles. The third-order valence-corrected chi connectivity index (χ3v) is 5.45. The van der Waals surface area contributed by atoms with Gasteiger partial charge in [0, 0.05) is 11.1 Å². The first-order chi connectivity index (χ1) is 13.8. The largest absolute Gasteiger partial charge is 0.480 e. The van der Waals surface area contributed by atoms with E-state index in [1.807, 2.05) is 17.5 Å². The lowest BCUT2D eigenvalue weighted by atomic mass is 9.78. The second-order valence-electron chi connectivity index (χ2n) is 8.16. The molecular weight excluding hydrogens is 421 g/mol. The Kier molecular flexibility index (Phi) is 7.62. The summed E-state index contributed by atoms with van der Waals surface area (Å²) >= 11 is 1.57. The molecule has 11 heteroatoms. The number of alkyl halides is 3. The van der Waals surface area contributed by atoms with E-state index in [4.69, 9.17) is 0 Å². The molecular formula is C19H25F3N4O3S. The zero-order valence-electron chi connectivity index (χ0n) is 16.9. The van der Waals surface area contributed by atoms with Gasteiger partial charge >= 0.3 is 12.1 Å². The number of hydrogen-bond acceptors (Lipinski definition) is 5. The molecule has 0 radical (unpaired) electrons. The molecule has 1 unspecified atom stereocenters. The van der Waals surface area contributed by atoms with Crippen molar-refractivity contribution in [2.45, 2.75) is 58.8 Å². The van der Waals surface area contributed by atoms with E-state index in [1.165, 1.54) is 20.8 Å². The predicted molar refractivity (Wildman–Crippen MR) is 105 cm³/mol. The van der Waals surface area contributed by atoms with Crippen LogP contribution < -0.4 is 5.32 Å². The summed E-state index contributed by atoms with van der Waals surface area (Å²) in [4.78, 5) is 25.1. The van der Waals surface area contributed by atoms with Crippen LogP contribution in [0.2, 0.25) is 0 Å². The molecule has 2 atom stereocenters. The number of thiophene rings is 1. The summed E-state index contributed by atoms with van der Waals surface area (Å²) in [6.45, 7) is 5.09. The Morgan fingerprint density at radius 3 is 2.53 bits per heavy atom. The monoisotopic (exact) mass is 446 g/mol. The molecule has 2 aromatic heterocycles. The van der Waals surface area contributed by atoms with Gasteiger partial charge < -0.3 is 10.4 Å². The number of aromatic nitrogens is 3. The number of carbonyl (C=O) groups excluding carboxylic acids is 1. The van der Waals surface area contributed by atoms with Gasteiger partial charge in [-0.2, -0.15) is 13.2 Å². The Bertz CT molecular complexity index is 844. The van der Waals surface area contributed by atoms with E-state index < -0.39 is 41.8 Å². The number of carboxylic acid groups (broad SMARTS) is 1. The zero-order chi connectivity index (χ0) is 22.5. The number of halogens is 3. The molecule has 0 aliphatic rings. The molecule has 2 aromatic rings. The minimum atomic E-state index is -4.53. The van der Waals surface area contributed by atoms with Gasteiger partial charge in [0.25, 0.3) is 0 Å². The summed E-state index contributed by atoms with van der Waals surface area (Å²) < 4.78 is 40.3. The first-order valence-electron chi connectivity index (χ1n) is 9.36. The summed E-state index contributed by atoms with van der Waals surface area (Å²) in [7, 11) is 0. The molecule has 0 spiro atoms. The van der Waals surface area contributed by atoms with Crippen molar-refractivity contribution in [3.05, 3.63) is 34.3 Å². The number of carbonyl (C=O) groups is 2. The summed E-state index contributed by atoms with van der Waals surface area (Å²) in [6, 6.07) is 2.55. The Hall–Kier alpha value is -2.43. The zero-order valence-corrected chi connectivity index (χ0v) is 17.8. The van der Waals surface area contributed by atoms with Crippen molar-refractivity contribution in [3.8, 4) is 0 Å². The first-order valence-corrected chi connectivity index (χ1v) is 10.2. The molecule has 0 saturated carbocycles. The number of carboxylic acids is 1. The number of hydrogen-bond donors (Lipinski definition) is 2. The van der Waals surface area contributed by atoms with Gasteiger partial charge in [0.1, 0.15) is 6.04 Å². The molecule has 0 aromatic carbocycles. The van der Waals surface area contributed by atoms with Crippen molar-refractivity contribution in [1.29, 1.82) is 0 Å². The van der Waals surface area contributed by atoms with Crippen LogP contribution in [0, 0.1) is 11.3 Å². The summed E-state index contributed by atoms with van der Waals surface area (Å²) in [5.74, 6) is -3.63. The fraction of sp³-hybridized carbons (Fsp3) is 0.579. The van der Waals surface area contributed by atoms with Gasteiger partial charge in [0.15, 0.2) is 0 Å². The van der Waals surface area contributed by atoms with Gasteiger partial charge in [-0.25, -0.2) is 9.48 Å². The van der Waals surface area contributed by atoms with Crippen LogP contribution in [0.4, 0.5) is 13.2 Å². The van der Waals surface area contributed by atoms with E-state index in [1.54, 1.807) is 22.2 Å². The first kappa shape index (κ1) is 23.8. The molecule has 2 heterocycles. The highest BCUT2D eigenvalue weighted by Crippen LogP contribution is 2.36. The molecule has 166 valence electrons. The van der Waals surface area contributed by atoms with Crippen LogP contribution in [0.15, 0.2) is 23.7 Å². The molecule has 2 rings (SSSR count). The smallest absolute Gasteiger partial charge is 0.389 e. The fourth-order valence-electron chi connectivity index (χ4n) is 2.94. The molecule has 7 nitrogen and oxygen atoms in total. The highest BCUT2D eigenvalue weighted by atomic mass is 32.1. The van der Waals surface area contributed by atoms with Crippen molar-refractivity contribution in [3.63, 3.8) is 0 Å². The molecule has 0 aliphatic heterocycles. The van der Waals surface area contributed by atoms with Crippen LogP contribution in [0.1, 0.15) is 44.2 Å². The van der Waals surface area contributed by atoms with Crippen molar-refractivity contribution in [1.82, 2.24) is 20.3 Å². The average Bonchev–Trinajstić information content (AvgIpc) is 3.26. The topological polar surface area (TPSA) is 97.1 Å². The van der Waals surface area contributed by atoms with E-state index in [0.29, 0.717) is 12.2 Å². The van der Waals surface area contributed by atoms with Gasteiger partial charge in [-0.15, -0.1) is 16.4 Å². The van der Waals surface area contributed by atoms with Gasteiger partial charge in [0.05, 0.1) is 24.6 Å². The maximum atomic E-state index is 12.9. The Balaban J connectivity index is 1.99. The van der Waals surface area contributed by atoms with Gasteiger partial charge in [0.2, 0.25) is 5.91 Å². The summed E-state index contributed by atoms with van der Waals surface area (Å²) in [5.41, 5.74) is -0.442. The normalized spacial score (nSPS) is 14.3. The number of nitrogens with zero attached hydrogens (tertiary/aromatic N) is 3. The highest BCUT2D eigenvalue weighted by molar-refractivity contribution is 7.09. The van der Waals surface area contributed by atoms with Gasteiger partial charge in [-0.1, -0.05) is 32.1 Å². The Labute approximate surface area is 176 Å². The number of aliphatic carboxylic acids is 1. The Morgan fingerprint density at radius 1 is 1.30 bits per heavy atom. The summed E-state index contributed by atoms with van der Waals surface area (Å²) in [6.07, 6.45) is -3.97. The minimum absolute atomic E-state index is 0.0123. The SMILES string of the molecule is CC(C)(C)C(CC(F)(F)F)C(=O)N[C@@H](CCc1cn(Cc2cccs2)nn1)C(=O)O. The van der Waals surface area contributed by atoms with E-state index in [2.05, 4.69) is 15.6 Å². The van der Waals surface area contributed by atoms with E-state index in [0.717, 1.165) is 4.88 Å². The molecule has 0 bridgehead atoms. The second-order valence-corrected chi connectivity index (χ2v) is 9.20. The standard InChI is InChI=1S/C19H25F3N4O3S/c1-18(2,3)14(9-19(20,21)22)16(27)23-15(17(28)29)7-6-12-10-26(25-24-12)11-13-5-4-8-30-13/h4-5,8,10,14-15H,6-7,9,11H2,1-3H3,(H,23,27)(H,28,29)/t14?,15-/m0/s1. The van der Waals surface area contributed by atoms with Crippen molar-refractivity contribution < 1.29 is 27.9 Å². The molecule has 0 saturated heterocycles. The van der Waals surface area contributed by atoms with Gasteiger partial charge in [-0.05, 0) is 29.7 Å². The van der Waals surface area contributed by atoms with Crippen LogP contribution in [0.25, 0.3) is 0 Å². The summed E-state index contributed by atoms with van der Waals surface area (Å²) in [5, 5.41) is 21.6. The maximum absolute atomic E-state index is 12.9. The van der Waals surface area contributed by atoms with Crippen LogP contribution in [-0.4, -0.2) is 44.2 Å². The van der Waals surface area contributed by atoms with E-state index >= 15 is 0 Å². The van der Waals surface area contributed by atoms with Gasteiger partial charge in [-0.3, -0.25) is 4.79 Å². The lowest BCUT2D eigenvalue weighted by Crippen LogP contribution is -2.47. The van der Waals surface area contributed by atoms with Crippen LogP contribution in [-0.2, 0) is 22.6 Å². The number of nitrogens with one attached hydrogen (secondary N) is 1. The van der Waals surface area contributed by atoms with Crippen molar-refractivity contribution in [2.75, 3.05) is 0 Å². The fourth-order valence-corrected chi connectivity index (χ4v) is 3.63.